The standard InChI is InChI=1S/C13H22N6/c1-4-9(5-2)7-15-11-10-8-16-19-12(10)18-13(17-11)14-6-3/h8-9H,4-7H2,1-3H3,(H3,14,15,16,17,18,19). The first-order chi connectivity index (χ1) is 9.28. The Balaban J connectivity index is 2.22. The summed E-state index contributed by atoms with van der Waals surface area (Å²) in [5.41, 5.74) is 0.762. The average molecular weight is 262 g/mol. The molecule has 0 saturated heterocycles. The molecular formula is C13H22N6. The first-order valence-corrected chi connectivity index (χ1v) is 6.97. The summed E-state index contributed by atoms with van der Waals surface area (Å²) < 4.78 is 0. The van der Waals surface area contributed by atoms with Gasteiger partial charge in [0.2, 0.25) is 5.95 Å². The quantitative estimate of drug-likeness (QED) is 0.715. The SMILES string of the molecule is CCNc1nc(NCC(CC)CC)c2cn[nH]c2n1. The van der Waals surface area contributed by atoms with Gasteiger partial charge in [-0.3, -0.25) is 5.10 Å². The molecule has 0 aliphatic rings. The smallest absolute Gasteiger partial charge is 0.226 e. The van der Waals surface area contributed by atoms with Crippen molar-refractivity contribution in [3.05, 3.63) is 6.20 Å². The highest BCUT2D eigenvalue weighted by Crippen LogP contribution is 2.20. The first kappa shape index (κ1) is 13.6. The summed E-state index contributed by atoms with van der Waals surface area (Å²) in [6, 6.07) is 0. The number of aromatic amines is 1. The van der Waals surface area contributed by atoms with E-state index < -0.39 is 0 Å². The molecule has 6 heteroatoms. The van der Waals surface area contributed by atoms with Crippen LogP contribution in [0.2, 0.25) is 0 Å². The van der Waals surface area contributed by atoms with E-state index in [-0.39, 0.29) is 0 Å². The molecule has 19 heavy (non-hydrogen) atoms. The lowest BCUT2D eigenvalue weighted by Gasteiger charge is -2.14. The number of H-pyrrole nitrogens is 1. The third-order valence-electron chi connectivity index (χ3n) is 3.36. The molecule has 3 N–H and O–H groups in total. The number of rotatable bonds is 7. The van der Waals surface area contributed by atoms with Crippen LogP contribution in [0.25, 0.3) is 11.0 Å². The number of nitrogens with zero attached hydrogens (tertiary/aromatic N) is 3. The minimum absolute atomic E-state index is 0.631. The van der Waals surface area contributed by atoms with E-state index in [0.717, 1.165) is 29.9 Å². The zero-order valence-corrected chi connectivity index (χ0v) is 11.8. The maximum absolute atomic E-state index is 4.51. The van der Waals surface area contributed by atoms with Crippen LogP contribution in [0, 0.1) is 5.92 Å². The van der Waals surface area contributed by atoms with Crippen molar-refractivity contribution in [3.63, 3.8) is 0 Å². The molecule has 2 aromatic rings. The van der Waals surface area contributed by atoms with Crippen LogP contribution in [0.3, 0.4) is 0 Å². The van der Waals surface area contributed by atoms with E-state index >= 15 is 0 Å². The van der Waals surface area contributed by atoms with E-state index in [9.17, 15) is 0 Å². The van der Waals surface area contributed by atoms with E-state index in [0.29, 0.717) is 11.9 Å². The molecule has 0 saturated carbocycles. The summed E-state index contributed by atoms with van der Waals surface area (Å²) >= 11 is 0. The molecule has 0 aliphatic heterocycles. The minimum atomic E-state index is 0.631. The van der Waals surface area contributed by atoms with Crippen molar-refractivity contribution < 1.29 is 0 Å². The normalized spacial score (nSPS) is 11.2. The molecule has 0 atom stereocenters. The lowest BCUT2D eigenvalue weighted by atomic mass is 10.0. The van der Waals surface area contributed by atoms with E-state index in [1.54, 1.807) is 6.20 Å². The van der Waals surface area contributed by atoms with Gasteiger partial charge in [0.15, 0.2) is 5.65 Å². The van der Waals surface area contributed by atoms with Crippen molar-refractivity contribution in [1.82, 2.24) is 20.2 Å². The van der Waals surface area contributed by atoms with Gasteiger partial charge in [0, 0.05) is 13.1 Å². The van der Waals surface area contributed by atoms with Gasteiger partial charge in [-0.1, -0.05) is 26.7 Å². The molecular weight excluding hydrogens is 240 g/mol. The Hall–Kier alpha value is -1.85. The predicted octanol–water partition coefficient (Wildman–Crippen LogP) is 2.63. The molecule has 2 heterocycles. The van der Waals surface area contributed by atoms with Crippen LogP contribution in [0.5, 0.6) is 0 Å². The van der Waals surface area contributed by atoms with Crippen LogP contribution >= 0.6 is 0 Å². The van der Waals surface area contributed by atoms with Gasteiger partial charge in [-0.2, -0.15) is 15.1 Å². The van der Waals surface area contributed by atoms with Crippen molar-refractivity contribution in [3.8, 4) is 0 Å². The van der Waals surface area contributed by atoms with Crippen molar-refractivity contribution in [2.75, 3.05) is 23.7 Å². The maximum atomic E-state index is 4.51. The van der Waals surface area contributed by atoms with Crippen LogP contribution in [0.4, 0.5) is 11.8 Å². The highest BCUT2D eigenvalue weighted by molar-refractivity contribution is 5.86. The summed E-state index contributed by atoms with van der Waals surface area (Å²) in [5, 5.41) is 14.4. The molecule has 0 radical (unpaired) electrons. The Kier molecular flexibility index (Phi) is 4.54. The van der Waals surface area contributed by atoms with E-state index in [1.165, 1.54) is 12.8 Å². The highest BCUT2D eigenvalue weighted by Gasteiger charge is 2.10. The molecule has 104 valence electrons. The molecule has 0 amide bonds. The van der Waals surface area contributed by atoms with Crippen molar-refractivity contribution in [2.45, 2.75) is 33.6 Å². The second kappa shape index (κ2) is 6.36. The van der Waals surface area contributed by atoms with Gasteiger partial charge in [-0.05, 0) is 12.8 Å². The monoisotopic (exact) mass is 262 g/mol. The molecule has 0 unspecified atom stereocenters. The Morgan fingerprint density at radius 1 is 1.16 bits per heavy atom. The van der Waals surface area contributed by atoms with Gasteiger partial charge < -0.3 is 10.6 Å². The zero-order valence-electron chi connectivity index (χ0n) is 11.8. The third-order valence-corrected chi connectivity index (χ3v) is 3.36. The van der Waals surface area contributed by atoms with Crippen LogP contribution in [0.1, 0.15) is 33.6 Å². The van der Waals surface area contributed by atoms with Gasteiger partial charge in [0.1, 0.15) is 5.82 Å². The molecule has 0 aliphatic carbocycles. The fourth-order valence-electron chi connectivity index (χ4n) is 2.03. The predicted molar refractivity (Wildman–Crippen MR) is 78.4 cm³/mol. The molecule has 0 fully saturated rings. The van der Waals surface area contributed by atoms with E-state index in [1.807, 2.05) is 6.92 Å². The largest absolute Gasteiger partial charge is 0.369 e. The van der Waals surface area contributed by atoms with Crippen LogP contribution in [-0.4, -0.2) is 33.3 Å². The van der Waals surface area contributed by atoms with Gasteiger partial charge in [0.05, 0.1) is 11.6 Å². The summed E-state index contributed by atoms with van der Waals surface area (Å²) in [4.78, 5) is 8.88. The highest BCUT2D eigenvalue weighted by atomic mass is 15.2. The molecule has 0 bridgehead atoms. The number of hydrogen-bond donors (Lipinski definition) is 3. The Labute approximate surface area is 113 Å². The van der Waals surface area contributed by atoms with Crippen molar-refractivity contribution in [2.24, 2.45) is 5.92 Å². The fraction of sp³-hybridized carbons (Fsp3) is 0.615. The van der Waals surface area contributed by atoms with Gasteiger partial charge in [0.25, 0.3) is 0 Å². The average Bonchev–Trinajstić information content (AvgIpc) is 2.88. The summed E-state index contributed by atoms with van der Waals surface area (Å²) in [6.45, 7) is 8.18. The molecule has 2 aromatic heterocycles. The van der Waals surface area contributed by atoms with Gasteiger partial charge >= 0.3 is 0 Å². The topological polar surface area (TPSA) is 78.5 Å². The third kappa shape index (κ3) is 3.13. The van der Waals surface area contributed by atoms with Gasteiger partial charge in [-0.25, -0.2) is 0 Å². The Morgan fingerprint density at radius 3 is 2.63 bits per heavy atom. The fourth-order valence-corrected chi connectivity index (χ4v) is 2.03. The number of nitrogens with one attached hydrogen (secondary N) is 3. The summed E-state index contributed by atoms with van der Waals surface area (Å²) in [7, 11) is 0. The van der Waals surface area contributed by atoms with Gasteiger partial charge in [-0.15, -0.1) is 0 Å². The maximum Gasteiger partial charge on any atom is 0.226 e. The van der Waals surface area contributed by atoms with Crippen LogP contribution in [-0.2, 0) is 0 Å². The number of aromatic nitrogens is 4. The minimum Gasteiger partial charge on any atom is -0.369 e. The zero-order chi connectivity index (χ0) is 13.7. The second-order valence-electron chi connectivity index (χ2n) is 4.62. The Bertz CT molecular complexity index is 517. The lowest BCUT2D eigenvalue weighted by molar-refractivity contribution is 0.518. The van der Waals surface area contributed by atoms with Crippen LogP contribution in [0.15, 0.2) is 6.20 Å². The molecule has 0 aromatic carbocycles. The number of hydrogen-bond acceptors (Lipinski definition) is 5. The van der Waals surface area contributed by atoms with Crippen molar-refractivity contribution in [1.29, 1.82) is 0 Å². The lowest BCUT2D eigenvalue weighted by Crippen LogP contribution is -2.14. The van der Waals surface area contributed by atoms with E-state index in [4.69, 9.17) is 0 Å². The molecule has 0 spiro atoms. The molecule has 2 rings (SSSR count). The first-order valence-electron chi connectivity index (χ1n) is 6.97. The van der Waals surface area contributed by atoms with E-state index in [2.05, 4.69) is 44.6 Å². The van der Waals surface area contributed by atoms with Crippen molar-refractivity contribution >= 4 is 22.8 Å². The molecule has 6 nitrogen and oxygen atoms in total. The second-order valence-corrected chi connectivity index (χ2v) is 4.62. The number of anilines is 2. The number of fused-ring (bicyclic) bond motifs is 1. The summed E-state index contributed by atoms with van der Waals surface area (Å²) in [6.07, 6.45) is 4.10. The summed E-state index contributed by atoms with van der Waals surface area (Å²) in [5.74, 6) is 2.15. The van der Waals surface area contributed by atoms with Crippen LogP contribution < -0.4 is 10.6 Å². The Morgan fingerprint density at radius 2 is 1.95 bits per heavy atom.